The predicted molar refractivity (Wildman–Crippen MR) is 101 cm³/mol. The van der Waals surface area contributed by atoms with Crippen molar-refractivity contribution in [3.63, 3.8) is 0 Å². The van der Waals surface area contributed by atoms with Gasteiger partial charge in [-0.1, -0.05) is 35.3 Å². The summed E-state index contributed by atoms with van der Waals surface area (Å²) in [7, 11) is 3.54. The van der Waals surface area contributed by atoms with Crippen LogP contribution >= 0.6 is 23.2 Å². The Bertz CT molecular complexity index is 882. The van der Waals surface area contributed by atoms with Crippen LogP contribution in [0.2, 0.25) is 10.0 Å². The van der Waals surface area contributed by atoms with Crippen molar-refractivity contribution in [1.29, 1.82) is 0 Å². The summed E-state index contributed by atoms with van der Waals surface area (Å²) in [4.78, 5) is 17.1. The number of hydrogen-bond acceptors (Lipinski definition) is 1. The van der Waals surface area contributed by atoms with Crippen LogP contribution in [0.4, 0.5) is 0 Å². The van der Waals surface area contributed by atoms with Crippen molar-refractivity contribution >= 4 is 40.0 Å². The van der Waals surface area contributed by atoms with E-state index in [-0.39, 0.29) is 5.91 Å². The summed E-state index contributed by atoms with van der Waals surface area (Å²) >= 11 is 12.2. The van der Waals surface area contributed by atoms with Crippen molar-refractivity contribution in [2.75, 3.05) is 14.1 Å². The zero-order valence-corrected chi connectivity index (χ0v) is 15.1. The van der Waals surface area contributed by atoms with E-state index in [1.165, 1.54) is 0 Å². The molecule has 24 heavy (non-hydrogen) atoms. The van der Waals surface area contributed by atoms with Gasteiger partial charge in [-0.05, 0) is 47.9 Å². The van der Waals surface area contributed by atoms with Gasteiger partial charge in [-0.15, -0.1) is 0 Å². The lowest BCUT2D eigenvalue weighted by atomic mass is 10.0. The number of H-pyrrole nitrogens is 1. The van der Waals surface area contributed by atoms with Crippen molar-refractivity contribution < 1.29 is 4.79 Å². The highest BCUT2D eigenvalue weighted by Gasteiger charge is 2.15. The van der Waals surface area contributed by atoms with Crippen LogP contribution in [0, 0.1) is 0 Å². The first-order valence-electron chi connectivity index (χ1n) is 7.72. The van der Waals surface area contributed by atoms with Crippen LogP contribution in [0.1, 0.15) is 12.0 Å². The number of rotatable bonds is 4. The van der Waals surface area contributed by atoms with Crippen LogP contribution in [-0.4, -0.2) is 29.9 Å². The van der Waals surface area contributed by atoms with E-state index in [4.69, 9.17) is 23.2 Å². The van der Waals surface area contributed by atoms with E-state index in [0.717, 1.165) is 27.7 Å². The van der Waals surface area contributed by atoms with Gasteiger partial charge >= 0.3 is 0 Å². The molecule has 0 aliphatic carbocycles. The third kappa shape index (κ3) is 3.42. The Balaban J connectivity index is 2.08. The molecule has 0 saturated heterocycles. The van der Waals surface area contributed by atoms with Crippen LogP contribution in [0.25, 0.3) is 22.2 Å². The quantitative estimate of drug-likeness (QED) is 0.684. The minimum atomic E-state index is 0.105. The van der Waals surface area contributed by atoms with Crippen molar-refractivity contribution in [3.8, 4) is 11.3 Å². The van der Waals surface area contributed by atoms with Crippen molar-refractivity contribution in [2.45, 2.75) is 12.8 Å². The molecule has 0 bridgehead atoms. The molecule has 2 aromatic carbocycles. The molecular formula is C19H18Cl2N2O. The first-order valence-corrected chi connectivity index (χ1v) is 8.47. The molecule has 0 radical (unpaired) electrons. The van der Waals surface area contributed by atoms with Crippen LogP contribution in [0.5, 0.6) is 0 Å². The van der Waals surface area contributed by atoms with Gasteiger partial charge < -0.3 is 9.88 Å². The molecule has 0 aliphatic heterocycles. The number of benzene rings is 2. The molecule has 5 heteroatoms. The number of aromatic nitrogens is 1. The topological polar surface area (TPSA) is 36.1 Å². The molecule has 0 atom stereocenters. The average molecular weight is 361 g/mol. The van der Waals surface area contributed by atoms with E-state index < -0.39 is 0 Å². The van der Waals surface area contributed by atoms with Gasteiger partial charge in [0.05, 0.1) is 0 Å². The van der Waals surface area contributed by atoms with Crippen molar-refractivity contribution in [3.05, 3.63) is 58.1 Å². The number of amides is 1. The summed E-state index contributed by atoms with van der Waals surface area (Å²) in [6.07, 6.45) is 1.10. The Morgan fingerprint density at radius 1 is 1.04 bits per heavy atom. The molecule has 0 aliphatic rings. The zero-order valence-electron chi connectivity index (χ0n) is 13.6. The molecule has 0 spiro atoms. The number of aromatic amines is 1. The number of hydrogen-bond donors (Lipinski definition) is 1. The summed E-state index contributed by atoms with van der Waals surface area (Å²) in [5, 5.41) is 2.44. The summed E-state index contributed by atoms with van der Waals surface area (Å²) in [6.45, 7) is 0. The number of carbonyl (C=O) groups excluding carboxylic acids is 1. The SMILES string of the molecule is CN(C)C(=O)CCc1c(-c2ccc(Cl)cc2)[nH]c2ccc(Cl)cc12. The minimum absolute atomic E-state index is 0.105. The molecule has 124 valence electrons. The molecule has 1 aromatic heterocycles. The first kappa shape index (κ1) is 16.9. The number of nitrogens with zero attached hydrogens (tertiary/aromatic N) is 1. The van der Waals surface area contributed by atoms with Gasteiger partial charge in [0.1, 0.15) is 0 Å². The molecule has 0 unspecified atom stereocenters. The Morgan fingerprint density at radius 3 is 2.38 bits per heavy atom. The summed E-state index contributed by atoms with van der Waals surface area (Å²) < 4.78 is 0. The van der Waals surface area contributed by atoms with Gasteiger partial charge in [-0.3, -0.25) is 4.79 Å². The number of nitrogens with one attached hydrogen (secondary N) is 1. The second kappa shape index (κ2) is 6.88. The number of fused-ring (bicyclic) bond motifs is 1. The Kier molecular flexibility index (Phi) is 4.83. The maximum absolute atomic E-state index is 12.0. The Hall–Kier alpha value is -1.97. The standard InChI is InChI=1S/C19H18Cl2N2O/c1-23(2)18(24)10-8-15-16-11-14(21)7-9-17(16)22-19(15)12-3-5-13(20)6-4-12/h3-7,9,11,22H,8,10H2,1-2H3. The van der Waals surface area contributed by atoms with E-state index in [2.05, 4.69) is 4.98 Å². The maximum atomic E-state index is 12.0. The molecule has 3 aromatic rings. The first-order chi connectivity index (χ1) is 11.5. The van der Waals surface area contributed by atoms with E-state index in [0.29, 0.717) is 22.9 Å². The van der Waals surface area contributed by atoms with Crippen LogP contribution in [0.3, 0.4) is 0 Å². The highest BCUT2D eigenvalue weighted by molar-refractivity contribution is 6.31. The summed E-state index contributed by atoms with van der Waals surface area (Å²) in [5.74, 6) is 0.105. The third-order valence-electron chi connectivity index (χ3n) is 4.09. The van der Waals surface area contributed by atoms with Crippen molar-refractivity contribution in [1.82, 2.24) is 9.88 Å². The second-order valence-electron chi connectivity index (χ2n) is 5.96. The lowest BCUT2D eigenvalue weighted by Gasteiger charge is -2.11. The molecule has 1 N–H and O–H groups in total. The second-order valence-corrected chi connectivity index (χ2v) is 6.84. The summed E-state index contributed by atoms with van der Waals surface area (Å²) in [6, 6.07) is 13.5. The van der Waals surface area contributed by atoms with Gasteiger partial charge in [0.2, 0.25) is 5.91 Å². The fourth-order valence-electron chi connectivity index (χ4n) is 2.80. The van der Waals surface area contributed by atoms with Gasteiger partial charge in [-0.25, -0.2) is 0 Å². The maximum Gasteiger partial charge on any atom is 0.222 e. The Morgan fingerprint density at radius 2 is 1.71 bits per heavy atom. The van der Waals surface area contributed by atoms with Crippen LogP contribution < -0.4 is 0 Å². The Labute approximate surface area is 151 Å². The fraction of sp³-hybridized carbons (Fsp3) is 0.211. The third-order valence-corrected chi connectivity index (χ3v) is 4.58. The highest BCUT2D eigenvalue weighted by Crippen LogP contribution is 2.33. The largest absolute Gasteiger partial charge is 0.354 e. The predicted octanol–water partition coefficient (Wildman–Crippen LogP) is 5.16. The zero-order chi connectivity index (χ0) is 17.3. The monoisotopic (exact) mass is 360 g/mol. The molecular weight excluding hydrogens is 343 g/mol. The van der Waals surface area contributed by atoms with Gasteiger partial charge in [0.25, 0.3) is 0 Å². The molecule has 1 heterocycles. The molecule has 3 nitrogen and oxygen atoms in total. The van der Waals surface area contributed by atoms with E-state index in [1.807, 2.05) is 42.5 Å². The van der Waals surface area contributed by atoms with E-state index >= 15 is 0 Å². The molecule has 3 rings (SSSR count). The highest BCUT2D eigenvalue weighted by atomic mass is 35.5. The number of halogens is 2. The van der Waals surface area contributed by atoms with Crippen molar-refractivity contribution in [2.24, 2.45) is 0 Å². The van der Waals surface area contributed by atoms with Crippen LogP contribution in [0.15, 0.2) is 42.5 Å². The smallest absolute Gasteiger partial charge is 0.222 e. The van der Waals surface area contributed by atoms with Gasteiger partial charge in [0, 0.05) is 47.2 Å². The van der Waals surface area contributed by atoms with Crippen LogP contribution in [-0.2, 0) is 11.2 Å². The van der Waals surface area contributed by atoms with E-state index in [9.17, 15) is 4.79 Å². The normalized spacial score (nSPS) is 11.0. The summed E-state index contributed by atoms with van der Waals surface area (Å²) in [5.41, 5.74) is 4.16. The minimum Gasteiger partial charge on any atom is -0.354 e. The fourth-order valence-corrected chi connectivity index (χ4v) is 3.10. The molecule has 0 fully saturated rings. The average Bonchev–Trinajstić information content (AvgIpc) is 2.91. The molecule has 0 saturated carbocycles. The molecule has 1 amide bonds. The number of aryl methyl sites for hydroxylation is 1. The van der Waals surface area contributed by atoms with Gasteiger partial charge in [0.15, 0.2) is 0 Å². The number of carbonyl (C=O) groups is 1. The van der Waals surface area contributed by atoms with Gasteiger partial charge in [-0.2, -0.15) is 0 Å². The lowest BCUT2D eigenvalue weighted by Crippen LogP contribution is -2.21. The lowest BCUT2D eigenvalue weighted by molar-refractivity contribution is -0.128. The van der Waals surface area contributed by atoms with E-state index in [1.54, 1.807) is 19.0 Å².